The monoisotopic (exact) mass is 380 g/mol. The summed E-state index contributed by atoms with van der Waals surface area (Å²) < 4.78 is 46.6. The number of rotatable bonds is 13. The molecule has 1 unspecified atom stereocenters. The zero-order valence-electron chi connectivity index (χ0n) is 15.7. The molecule has 0 aromatic heterocycles. The zero-order chi connectivity index (χ0) is 17.9. The minimum atomic E-state index is -4.65. The largest absolute Gasteiger partial charge is 1.00 e. The zero-order valence-corrected chi connectivity index (χ0v) is 18.5. The first-order chi connectivity index (χ1) is 11.4. The molecule has 0 fully saturated rings. The van der Waals surface area contributed by atoms with Gasteiger partial charge in [0.15, 0.2) is 4.93 Å². The second kappa shape index (κ2) is 13.1. The fraction of sp³-hybridized carbons (Fsp3) is 0.667. The fourth-order valence-corrected chi connectivity index (χ4v) is 3.46. The molecule has 1 aromatic carbocycles. The molecule has 0 amide bonds. The Bertz CT molecular complexity index is 550. The van der Waals surface area contributed by atoms with E-state index < -0.39 is 15.1 Å². The van der Waals surface area contributed by atoms with Crippen LogP contribution in [0.2, 0.25) is 0 Å². The van der Waals surface area contributed by atoms with E-state index in [0.29, 0.717) is 12.2 Å². The number of benzene rings is 1. The topological polar surface area (TPSA) is 75.7 Å². The molecule has 0 aliphatic carbocycles. The summed E-state index contributed by atoms with van der Waals surface area (Å²) in [6, 6.07) is 8.86. The van der Waals surface area contributed by atoms with Gasteiger partial charge < -0.3 is 14.0 Å². The van der Waals surface area contributed by atoms with Crippen molar-refractivity contribution < 1.29 is 52.0 Å². The quantitative estimate of drug-likeness (QED) is 0.291. The molecule has 0 saturated heterocycles. The molecule has 7 heteroatoms. The van der Waals surface area contributed by atoms with Crippen LogP contribution in [-0.2, 0) is 14.9 Å². The molecular formula is C18H29NaO5S. The molecule has 0 bridgehead atoms. The van der Waals surface area contributed by atoms with Crippen molar-refractivity contribution in [3.05, 3.63) is 30.3 Å². The summed E-state index contributed by atoms with van der Waals surface area (Å²) >= 11 is 0. The second-order valence-electron chi connectivity index (χ2n) is 5.92. The Kier molecular flexibility index (Phi) is 13.1. The van der Waals surface area contributed by atoms with Gasteiger partial charge in [-0.1, -0.05) is 57.2 Å². The van der Waals surface area contributed by atoms with E-state index in [1.54, 1.807) is 31.2 Å². The fourth-order valence-electron chi connectivity index (χ4n) is 2.60. The van der Waals surface area contributed by atoms with Crippen molar-refractivity contribution in [3.8, 4) is 5.75 Å². The van der Waals surface area contributed by atoms with Crippen LogP contribution >= 0.6 is 0 Å². The van der Waals surface area contributed by atoms with Gasteiger partial charge in [0.05, 0.1) is 0 Å². The van der Waals surface area contributed by atoms with Crippen LogP contribution < -0.4 is 34.3 Å². The van der Waals surface area contributed by atoms with Gasteiger partial charge in [0.1, 0.15) is 22.5 Å². The molecule has 0 aliphatic rings. The van der Waals surface area contributed by atoms with E-state index in [4.69, 9.17) is 9.47 Å². The minimum Gasteiger partial charge on any atom is -0.746 e. The number of ether oxygens (including phenoxy) is 2. The van der Waals surface area contributed by atoms with E-state index in [1.165, 1.54) is 6.42 Å². The summed E-state index contributed by atoms with van der Waals surface area (Å²) in [5.74, 6) is 0.521. The summed E-state index contributed by atoms with van der Waals surface area (Å²) in [6.07, 6.45) is 6.16. The Balaban J connectivity index is 0.00000576. The molecule has 0 N–H and O–H groups in total. The van der Waals surface area contributed by atoms with Crippen LogP contribution in [0.4, 0.5) is 0 Å². The SMILES string of the molecule is CCCCCCCCC(COc1ccccc1)(OCC)S(=O)(=O)[O-].[Na+]. The van der Waals surface area contributed by atoms with Crippen molar-refractivity contribution in [2.75, 3.05) is 13.2 Å². The standard InChI is InChI=1S/C18H30O5S.Na/c1-3-5-6-7-8-12-15-18(23-4-2,24(19,20)21)16-22-17-13-10-9-11-14-17;/h9-11,13-14H,3-8,12,15-16H2,1-2H3,(H,19,20,21);/q;+1/p-1. The number of unbranched alkanes of at least 4 members (excludes halogenated alkanes) is 5. The number of hydrogen-bond acceptors (Lipinski definition) is 5. The molecule has 0 radical (unpaired) electrons. The maximum atomic E-state index is 11.9. The Morgan fingerprint density at radius 1 is 1.00 bits per heavy atom. The van der Waals surface area contributed by atoms with Gasteiger partial charge in [-0.3, -0.25) is 0 Å². The van der Waals surface area contributed by atoms with Crippen molar-refractivity contribution in [1.82, 2.24) is 0 Å². The molecular weight excluding hydrogens is 351 g/mol. The third kappa shape index (κ3) is 8.89. The van der Waals surface area contributed by atoms with E-state index in [9.17, 15) is 13.0 Å². The molecule has 5 nitrogen and oxygen atoms in total. The van der Waals surface area contributed by atoms with Crippen molar-refractivity contribution in [2.45, 2.75) is 63.7 Å². The molecule has 25 heavy (non-hydrogen) atoms. The molecule has 1 atom stereocenters. The average Bonchev–Trinajstić information content (AvgIpc) is 2.55. The van der Waals surface area contributed by atoms with Crippen LogP contribution in [0.3, 0.4) is 0 Å². The second-order valence-corrected chi connectivity index (χ2v) is 7.57. The Morgan fingerprint density at radius 2 is 1.60 bits per heavy atom. The smallest absolute Gasteiger partial charge is 0.746 e. The van der Waals surface area contributed by atoms with Crippen LogP contribution in [0.5, 0.6) is 5.75 Å². The molecule has 1 aromatic rings. The first kappa shape index (κ1) is 24.9. The molecule has 0 heterocycles. The number of para-hydroxylation sites is 1. The van der Waals surface area contributed by atoms with E-state index in [1.807, 2.05) is 6.07 Å². The van der Waals surface area contributed by atoms with E-state index >= 15 is 0 Å². The van der Waals surface area contributed by atoms with Crippen LogP contribution in [0.25, 0.3) is 0 Å². The summed E-state index contributed by atoms with van der Waals surface area (Å²) in [5, 5.41) is 0. The van der Waals surface area contributed by atoms with Crippen LogP contribution in [-0.4, -0.2) is 31.1 Å². The predicted octanol–water partition coefficient (Wildman–Crippen LogP) is 1.10. The first-order valence-electron chi connectivity index (χ1n) is 8.72. The molecule has 138 valence electrons. The van der Waals surface area contributed by atoms with Gasteiger partial charge in [-0.2, -0.15) is 0 Å². The molecule has 0 spiro atoms. The first-order valence-corrected chi connectivity index (χ1v) is 10.1. The Morgan fingerprint density at radius 3 is 2.16 bits per heavy atom. The van der Waals surface area contributed by atoms with Gasteiger partial charge in [-0.05, 0) is 31.9 Å². The van der Waals surface area contributed by atoms with Gasteiger partial charge in [0.2, 0.25) is 0 Å². The van der Waals surface area contributed by atoms with Crippen molar-refractivity contribution in [3.63, 3.8) is 0 Å². The van der Waals surface area contributed by atoms with Crippen molar-refractivity contribution in [2.24, 2.45) is 0 Å². The maximum Gasteiger partial charge on any atom is 1.00 e. The van der Waals surface area contributed by atoms with E-state index in [0.717, 1.165) is 25.7 Å². The van der Waals surface area contributed by atoms with E-state index in [-0.39, 0.29) is 49.2 Å². The average molecular weight is 380 g/mol. The van der Waals surface area contributed by atoms with Crippen molar-refractivity contribution >= 4 is 10.1 Å². The predicted molar refractivity (Wildman–Crippen MR) is 94.0 cm³/mol. The van der Waals surface area contributed by atoms with Crippen LogP contribution in [0.15, 0.2) is 30.3 Å². The third-order valence-electron chi connectivity index (χ3n) is 3.98. The number of hydrogen-bond donors (Lipinski definition) is 0. The summed E-state index contributed by atoms with van der Waals surface area (Å²) in [4.78, 5) is -1.82. The van der Waals surface area contributed by atoms with E-state index in [2.05, 4.69) is 6.92 Å². The van der Waals surface area contributed by atoms with Gasteiger partial charge in [-0.25, -0.2) is 8.42 Å². The van der Waals surface area contributed by atoms with Gasteiger partial charge in [-0.15, -0.1) is 0 Å². The maximum absolute atomic E-state index is 11.9. The minimum absolute atomic E-state index is 0. The van der Waals surface area contributed by atoms with Gasteiger partial charge in [0.25, 0.3) is 0 Å². The van der Waals surface area contributed by atoms with Gasteiger partial charge >= 0.3 is 29.6 Å². The normalized spacial score (nSPS) is 13.7. The molecule has 0 saturated carbocycles. The third-order valence-corrected chi connectivity index (χ3v) is 5.33. The summed E-state index contributed by atoms with van der Waals surface area (Å²) in [6.45, 7) is 3.69. The molecule has 0 aliphatic heterocycles. The van der Waals surface area contributed by atoms with Gasteiger partial charge in [0, 0.05) is 6.61 Å². The van der Waals surface area contributed by atoms with Crippen LogP contribution in [0.1, 0.15) is 58.8 Å². The molecule has 1 rings (SSSR count). The van der Waals surface area contributed by atoms with Crippen molar-refractivity contribution in [1.29, 1.82) is 0 Å². The summed E-state index contributed by atoms with van der Waals surface area (Å²) in [5.41, 5.74) is 0. The van der Waals surface area contributed by atoms with Crippen LogP contribution in [0, 0.1) is 0 Å². The summed E-state index contributed by atoms with van der Waals surface area (Å²) in [7, 11) is -4.65. The Labute approximate surface area is 174 Å². The Hall–Kier alpha value is -0.110.